The Hall–Kier alpha value is -3.28. The Morgan fingerprint density at radius 2 is 1.88 bits per heavy atom. The van der Waals surface area contributed by atoms with Crippen molar-refractivity contribution in [2.45, 2.75) is 20.3 Å². The number of aromatic nitrogens is 2. The summed E-state index contributed by atoms with van der Waals surface area (Å²) in [6.07, 6.45) is 2.14. The Kier molecular flexibility index (Phi) is 5.22. The van der Waals surface area contributed by atoms with Crippen molar-refractivity contribution in [1.82, 2.24) is 9.97 Å². The van der Waals surface area contributed by atoms with Crippen LogP contribution in [-0.2, 0) is 6.42 Å². The van der Waals surface area contributed by atoms with Crippen LogP contribution in [0.25, 0.3) is 0 Å². The highest BCUT2D eigenvalue weighted by atomic mass is 19.1. The third-order valence-corrected chi connectivity index (χ3v) is 3.99. The number of hydrogen-bond acceptors (Lipinski definition) is 4. The van der Waals surface area contributed by atoms with Crippen molar-refractivity contribution in [3.05, 3.63) is 77.5 Å². The molecule has 0 aliphatic carbocycles. The van der Waals surface area contributed by atoms with Gasteiger partial charge in [-0.25, -0.2) is 14.4 Å². The van der Waals surface area contributed by atoms with Gasteiger partial charge in [0.2, 0.25) is 0 Å². The van der Waals surface area contributed by atoms with Crippen LogP contribution in [0, 0.1) is 12.7 Å². The molecule has 132 valence electrons. The van der Waals surface area contributed by atoms with Crippen LogP contribution >= 0.6 is 0 Å². The number of carbonyl (C=O) groups is 1. The summed E-state index contributed by atoms with van der Waals surface area (Å²) in [5.41, 5.74) is 3.79. The van der Waals surface area contributed by atoms with Crippen LogP contribution in [0.3, 0.4) is 0 Å². The van der Waals surface area contributed by atoms with Crippen molar-refractivity contribution < 1.29 is 9.18 Å². The number of nitrogens with one attached hydrogen (secondary N) is 2. The monoisotopic (exact) mass is 350 g/mol. The van der Waals surface area contributed by atoms with E-state index in [1.165, 1.54) is 18.5 Å². The van der Waals surface area contributed by atoms with Gasteiger partial charge < -0.3 is 10.6 Å². The zero-order chi connectivity index (χ0) is 18.5. The summed E-state index contributed by atoms with van der Waals surface area (Å²) < 4.78 is 13.0. The number of nitrogens with zero attached hydrogens (tertiary/aromatic N) is 2. The molecule has 0 aliphatic rings. The molecule has 0 aliphatic heterocycles. The second-order valence-corrected chi connectivity index (χ2v) is 5.84. The van der Waals surface area contributed by atoms with E-state index in [0.29, 0.717) is 11.5 Å². The zero-order valence-electron chi connectivity index (χ0n) is 14.6. The summed E-state index contributed by atoms with van der Waals surface area (Å²) in [7, 11) is 0. The second kappa shape index (κ2) is 7.74. The molecular weight excluding hydrogens is 331 g/mol. The molecule has 26 heavy (non-hydrogen) atoms. The van der Waals surface area contributed by atoms with Gasteiger partial charge in [0.1, 0.15) is 23.7 Å². The van der Waals surface area contributed by atoms with E-state index >= 15 is 0 Å². The molecule has 0 saturated carbocycles. The number of rotatable bonds is 5. The molecule has 1 heterocycles. The van der Waals surface area contributed by atoms with Crippen molar-refractivity contribution >= 4 is 23.1 Å². The maximum atomic E-state index is 13.0. The van der Waals surface area contributed by atoms with Crippen molar-refractivity contribution in [3.8, 4) is 0 Å². The fraction of sp³-hybridized carbons (Fsp3) is 0.150. The molecule has 3 rings (SSSR count). The first-order valence-corrected chi connectivity index (χ1v) is 8.31. The minimum atomic E-state index is -0.316. The molecule has 0 saturated heterocycles. The number of halogens is 1. The lowest BCUT2D eigenvalue weighted by Gasteiger charge is -2.13. The van der Waals surface area contributed by atoms with E-state index in [1.54, 1.807) is 18.2 Å². The van der Waals surface area contributed by atoms with E-state index in [0.717, 1.165) is 23.2 Å². The zero-order valence-corrected chi connectivity index (χ0v) is 14.6. The maximum absolute atomic E-state index is 13.0. The standard InChI is InChI=1S/C20H19FN4O/c1-3-14-6-4-5-13(2)19(14)25-20(26)17-11-18(23-12-22-17)24-16-9-7-15(21)8-10-16/h4-12H,3H2,1-2H3,(H,25,26)(H,22,23,24). The van der Waals surface area contributed by atoms with Gasteiger partial charge in [0.05, 0.1) is 0 Å². The summed E-state index contributed by atoms with van der Waals surface area (Å²) in [4.78, 5) is 20.8. The van der Waals surface area contributed by atoms with Gasteiger partial charge >= 0.3 is 0 Å². The average molecular weight is 350 g/mol. The number of carbonyl (C=O) groups excluding carboxylic acids is 1. The SMILES string of the molecule is CCc1cccc(C)c1NC(=O)c1cc(Nc2ccc(F)cc2)ncn1. The quantitative estimate of drug-likeness (QED) is 0.712. The molecule has 2 N–H and O–H groups in total. The van der Waals surface area contributed by atoms with Gasteiger partial charge in [-0.2, -0.15) is 0 Å². The molecular formula is C20H19FN4O. The smallest absolute Gasteiger partial charge is 0.274 e. The highest BCUT2D eigenvalue weighted by molar-refractivity contribution is 6.04. The van der Waals surface area contributed by atoms with Crippen LogP contribution in [-0.4, -0.2) is 15.9 Å². The number of benzene rings is 2. The molecule has 0 bridgehead atoms. The van der Waals surface area contributed by atoms with Gasteiger partial charge in [-0.1, -0.05) is 25.1 Å². The third-order valence-electron chi connectivity index (χ3n) is 3.99. The van der Waals surface area contributed by atoms with Crippen LogP contribution < -0.4 is 10.6 Å². The highest BCUT2D eigenvalue weighted by Gasteiger charge is 2.13. The molecule has 6 heteroatoms. The van der Waals surface area contributed by atoms with E-state index in [-0.39, 0.29) is 17.4 Å². The van der Waals surface area contributed by atoms with Gasteiger partial charge in [0, 0.05) is 17.4 Å². The topological polar surface area (TPSA) is 66.9 Å². The van der Waals surface area contributed by atoms with Crippen LogP contribution in [0.1, 0.15) is 28.5 Å². The summed E-state index contributed by atoms with van der Waals surface area (Å²) in [5.74, 6) is -0.168. The first kappa shape index (κ1) is 17.5. The van der Waals surface area contributed by atoms with Gasteiger partial charge in [-0.15, -0.1) is 0 Å². The third kappa shape index (κ3) is 4.03. The first-order chi connectivity index (χ1) is 12.6. The summed E-state index contributed by atoms with van der Waals surface area (Å²) in [6.45, 7) is 4.00. The van der Waals surface area contributed by atoms with Gasteiger partial charge in [0.25, 0.3) is 5.91 Å². The lowest BCUT2D eigenvalue weighted by atomic mass is 10.1. The van der Waals surface area contributed by atoms with Crippen LogP contribution in [0.15, 0.2) is 54.9 Å². The van der Waals surface area contributed by atoms with E-state index in [4.69, 9.17) is 0 Å². The number of para-hydroxylation sites is 1. The molecule has 1 aromatic heterocycles. The Morgan fingerprint density at radius 3 is 2.62 bits per heavy atom. The highest BCUT2D eigenvalue weighted by Crippen LogP contribution is 2.22. The predicted molar refractivity (Wildman–Crippen MR) is 100 cm³/mol. The van der Waals surface area contributed by atoms with Gasteiger partial charge in [0.15, 0.2) is 0 Å². The lowest BCUT2D eigenvalue weighted by Crippen LogP contribution is -2.16. The van der Waals surface area contributed by atoms with E-state index < -0.39 is 0 Å². The summed E-state index contributed by atoms with van der Waals surface area (Å²) >= 11 is 0. The molecule has 5 nitrogen and oxygen atoms in total. The summed E-state index contributed by atoms with van der Waals surface area (Å²) in [5, 5.41) is 5.96. The second-order valence-electron chi connectivity index (χ2n) is 5.84. The lowest BCUT2D eigenvalue weighted by molar-refractivity contribution is 0.102. The maximum Gasteiger partial charge on any atom is 0.274 e. The largest absolute Gasteiger partial charge is 0.340 e. The van der Waals surface area contributed by atoms with Crippen LogP contribution in [0.5, 0.6) is 0 Å². The minimum Gasteiger partial charge on any atom is -0.340 e. The molecule has 0 radical (unpaired) electrons. The Bertz CT molecular complexity index is 925. The fourth-order valence-corrected chi connectivity index (χ4v) is 2.61. The average Bonchev–Trinajstić information content (AvgIpc) is 2.65. The molecule has 0 spiro atoms. The molecule has 1 amide bonds. The van der Waals surface area contributed by atoms with Crippen molar-refractivity contribution in [2.24, 2.45) is 0 Å². The van der Waals surface area contributed by atoms with E-state index in [1.807, 2.05) is 32.0 Å². The normalized spacial score (nSPS) is 10.4. The fourth-order valence-electron chi connectivity index (χ4n) is 2.61. The van der Waals surface area contributed by atoms with E-state index in [9.17, 15) is 9.18 Å². The van der Waals surface area contributed by atoms with Gasteiger partial charge in [-0.3, -0.25) is 4.79 Å². The molecule has 0 fully saturated rings. The predicted octanol–water partition coefficient (Wildman–Crippen LogP) is 4.48. The molecule has 0 atom stereocenters. The minimum absolute atomic E-state index is 0.245. The van der Waals surface area contributed by atoms with Crippen molar-refractivity contribution in [3.63, 3.8) is 0 Å². The molecule has 0 unspecified atom stereocenters. The Morgan fingerprint density at radius 1 is 1.12 bits per heavy atom. The van der Waals surface area contributed by atoms with E-state index in [2.05, 4.69) is 20.6 Å². The molecule has 3 aromatic rings. The van der Waals surface area contributed by atoms with Crippen molar-refractivity contribution in [1.29, 1.82) is 0 Å². The van der Waals surface area contributed by atoms with Gasteiger partial charge in [-0.05, 0) is 48.7 Å². The Labute approximate surface area is 151 Å². The number of aryl methyl sites for hydroxylation is 2. The van der Waals surface area contributed by atoms with Crippen LogP contribution in [0.2, 0.25) is 0 Å². The summed E-state index contributed by atoms with van der Waals surface area (Å²) in [6, 6.07) is 13.4. The van der Waals surface area contributed by atoms with Crippen molar-refractivity contribution in [2.75, 3.05) is 10.6 Å². The number of amides is 1. The first-order valence-electron chi connectivity index (χ1n) is 8.31. The van der Waals surface area contributed by atoms with Crippen LogP contribution in [0.4, 0.5) is 21.6 Å². The number of anilines is 3. The number of hydrogen-bond donors (Lipinski definition) is 2. The Balaban J connectivity index is 1.79. The molecule has 2 aromatic carbocycles.